The number of rotatable bonds is 7. The quantitative estimate of drug-likeness (QED) is 0.300. The minimum atomic E-state index is -0.00669. The van der Waals surface area contributed by atoms with Gasteiger partial charge in [-0.2, -0.15) is 0 Å². The third kappa shape index (κ3) is 5.88. The van der Waals surface area contributed by atoms with Crippen LogP contribution >= 0.6 is 35.3 Å². The number of hydrogen-bond donors (Lipinski definition) is 3. The molecular weight excluding hydrogens is 487 g/mol. The predicted octanol–water partition coefficient (Wildman–Crippen LogP) is 3.19. The van der Waals surface area contributed by atoms with Crippen molar-refractivity contribution in [2.75, 3.05) is 33.4 Å². The maximum atomic E-state index is 9.36. The summed E-state index contributed by atoms with van der Waals surface area (Å²) in [6.07, 6.45) is 1.71. The Labute approximate surface area is 187 Å². The highest BCUT2D eigenvalue weighted by Gasteiger charge is 2.34. The molecule has 2 heterocycles. The molecule has 28 heavy (non-hydrogen) atoms. The van der Waals surface area contributed by atoms with Crippen molar-refractivity contribution in [2.45, 2.75) is 26.3 Å². The third-order valence-electron chi connectivity index (χ3n) is 5.01. The fraction of sp³-hybridized carbons (Fsp3) is 0.500. The molecule has 6 nitrogen and oxygen atoms in total. The Morgan fingerprint density at radius 2 is 2.11 bits per heavy atom. The SMILES string of the molecule is CN=C(NCc1sc(-c2ccccc2)nc1C)NCC1(CCO)CCOC1.I. The Morgan fingerprint density at radius 1 is 1.32 bits per heavy atom. The molecule has 2 aromatic rings. The Balaban J connectivity index is 0.00000280. The van der Waals surface area contributed by atoms with E-state index in [0.29, 0.717) is 13.2 Å². The summed E-state index contributed by atoms with van der Waals surface area (Å²) in [6, 6.07) is 10.2. The summed E-state index contributed by atoms with van der Waals surface area (Å²) in [7, 11) is 1.77. The molecule has 1 aliphatic heterocycles. The second kappa shape index (κ2) is 11.1. The van der Waals surface area contributed by atoms with Gasteiger partial charge in [-0.1, -0.05) is 30.3 Å². The first-order valence-electron chi connectivity index (χ1n) is 9.31. The molecule has 0 amide bonds. The van der Waals surface area contributed by atoms with Crippen molar-refractivity contribution in [3.63, 3.8) is 0 Å². The number of aliphatic hydroxyl groups is 1. The number of nitrogens with zero attached hydrogens (tertiary/aromatic N) is 2. The highest BCUT2D eigenvalue weighted by Crippen LogP contribution is 2.31. The van der Waals surface area contributed by atoms with E-state index in [4.69, 9.17) is 9.72 Å². The molecular formula is C20H29IN4O2S. The number of hydrogen-bond acceptors (Lipinski definition) is 5. The van der Waals surface area contributed by atoms with Crippen LogP contribution in [0.3, 0.4) is 0 Å². The summed E-state index contributed by atoms with van der Waals surface area (Å²) in [6.45, 7) is 5.09. The van der Waals surface area contributed by atoms with Crippen LogP contribution < -0.4 is 10.6 Å². The predicted molar refractivity (Wildman–Crippen MR) is 125 cm³/mol. The number of aryl methyl sites for hydroxylation is 1. The number of aliphatic imine (C=N–C) groups is 1. The summed E-state index contributed by atoms with van der Waals surface area (Å²) >= 11 is 1.71. The topological polar surface area (TPSA) is 78.8 Å². The summed E-state index contributed by atoms with van der Waals surface area (Å²) in [5.41, 5.74) is 2.18. The van der Waals surface area contributed by atoms with Gasteiger partial charge in [0.25, 0.3) is 0 Å². The van der Waals surface area contributed by atoms with Gasteiger partial charge in [-0.05, 0) is 19.8 Å². The number of benzene rings is 1. The Kier molecular flexibility index (Phi) is 9.13. The van der Waals surface area contributed by atoms with Crippen LogP contribution in [-0.2, 0) is 11.3 Å². The molecule has 154 valence electrons. The van der Waals surface area contributed by atoms with E-state index in [1.54, 1.807) is 18.4 Å². The Hall–Kier alpha value is -1.23. The summed E-state index contributed by atoms with van der Waals surface area (Å²) in [5, 5.41) is 17.2. The lowest BCUT2D eigenvalue weighted by molar-refractivity contribution is 0.127. The van der Waals surface area contributed by atoms with E-state index in [1.807, 2.05) is 25.1 Å². The fourth-order valence-corrected chi connectivity index (χ4v) is 4.27. The van der Waals surface area contributed by atoms with E-state index in [1.165, 1.54) is 4.88 Å². The zero-order valence-corrected chi connectivity index (χ0v) is 19.5. The zero-order chi connectivity index (χ0) is 19.1. The Bertz CT molecular complexity index is 761. The lowest BCUT2D eigenvalue weighted by atomic mass is 9.84. The minimum Gasteiger partial charge on any atom is -0.396 e. The minimum absolute atomic E-state index is 0. The third-order valence-corrected chi connectivity index (χ3v) is 6.22. The molecule has 1 fully saturated rings. The van der Waals surface area contributed by atoms with Gasteiger partial charge in [0.2, 0.25) is 0 Å². The summed E-state index contributed by atoms with van der Waals surface area (Å²) in [4.78, 5) is 10.2. The number of ether oxygens (including phenoxy) is 1. The molecule has 3 rings (SSSR count). The second-order valence-corrected chi connectivity index (χ2v) is 8.03. The summed E-state index contributed by atoms with van der Waals surface area (Å²) < 4.78 is 5.55. The number of guanidine groups is 1. The van der Waals surface area contributed by atoms with Gasteiger partial charge in [-0.25, -0.2) is 4.98 Å². The zero-order valence-electron chi connectivity index (χ0n) is 16.4. The highest BCUT2D eigenvalue weighted by molar-refractivity contribution is 14.0. The molecule has 0 spiro atoms. The van der Waals surface area contributed by atoms with Gasteiger partial charge >= 0.3 is 0 Å². The van der Waals surface area contributed by atoms with Crippen LogP contribution in [0.25, 0.3) is 10.6 Å². The monoisotopic (exact) mass is 516 g/mol. The van der Waals surface area contributed by atoms with Gasteiger partial charge < -0.3 is 20.5 Å². The van der Waals surface area contributed by atoms with Crippen LogP contribution in [0.15, 0.2) is 35.3 Å². The number of nitrogens with one attached hydrogen (secondary N) is 2. The highest BCUT2D eigenvalue weighted by atomic mass is 127. The van der Waals surface area contributed by atoms with Crippen molar-refractivity contribution in [3.05, 3.63) is 40.9 Å². The molecule has 0 bridgehead atoms. The fourth-order valence-electron chi connectivity index (χ4n) is 3.26. The summed E-state index contributed by atoms with van der Waals surface area (Å²) in [5.74, 6) is 0.758. The molecule has 1 saturated heterocycles. The first kappa shape index (κ1) is 23.1. The Morgan fingerprint density at radius 3 is 2.75 bits per heavy atom. The maximum absolute atomic E-state index is 9.36. The van der Waals surface area contributed by atoms with E-state index in [0.717, 1.165) is 48.2 Å². The number of aliphatic hydroxyl groups excluding tert-OH is 1. The van der Waals surface area contributed by atoms with Gasteiger partial charge in [0, 0.05) is 42.7 Å². The number of halogens is 1. The van der Waals surface area contributed by atoms with Crippen LogP contribution in [0.5, 0.6) is 0 Å². The standard InChI is InChI=1S/C20H28N4O2S.HI/c1-15-17(27-18(24-15)16-6-4-3-5-7-16)12-22-19(21-2)23-13-20(8-10-25)9-11-26-14-20;/h3-7,25H,8-14H2,1-2H3,(H2,21,22,23);1H. The second-order valence-electron chi connectivity index (χ2n) is 6.95. The largest absolute Gasteiger partial charge is 0.396 e. The van der Waals surface area contributed by atoms with Crippen LogP contribution in [0.1, 0.15) is 23.4 Å². The van der Waals surface area contributed by atoms with Crippen molar-refractivity contribution in [3.8, 4) is 10.6 Å². The average Bonchev–Trinajstić information content (AvgIpc) is 3.30. The van der Waals surface area contributed by atoms with E-state index < -0.39 is 0 Å². The van der Waals surface area contributed by atoms with Crippen LogP contribution in [0.2, 0.25) is 0 Å². The first-order chi connectivity index (χ1) is 13.2. The lowest BCUT2D eigenvalue weighted by Crippen LogP contribution is -2.44. The molecule has 1 aromatic carbocycles. The molecule has 3 N–H and O–H groups in total. The molecule has 0 radical (unpaired) electrons. The van der Waals surface area contributed by atoms with E-state index in [9.17, 15) is 5.11 Å². The smallest absolute Gasteiger partial charge is 0.191 e. The molecule has 0 aliphatic carbocycles. The van der Waals surface area contributed by atoms with E-state index in [-0.39, 0.29) is 36.0 Å². The molecule has 1 aliphatic rings. The van der Waals surface area contributed by atoms with Crippen LogP contribution in [0.4, 0.5) is 0 Å². The normalized spacial score (nSPS) is 19.3. The number of aromatic nitrogens is 1. The van der Waals surface area contributed by atoms with Crippen molar-refractivity contribution in [2.24, 2.45) is 10.4 Å². The van der Waals surface area contributed by atoms with Crippen LogP contribution in [-0.4, -0.2) is 49.5 Å². The molecule has 1 unspecified atom stereocenters. The van der Waals surface area contributed by atoms with Crippen molar-refractivity contribution < 1.29 is 9.84 Å². The van der Waals surface area contributed by atoms with Crippen molar-refractivity contribution in [1.82, 2.24) is 15.6 Å². The van der Waals surface area contributed by atoms with Gasteiger partial charge in [0.05, 0.1) is 18.8 Å². The van der Waals surface area contributed by atoms with E-state index in [2.05, 4.69) is 27.8 Å². The molecule has 8 heteroatoms. The maximum Gasteiger partial charge on any atom is 0.191 e. The van der Waals surface area contributed by atoms with E-state index >= 15 is 0 Å². The molecule has 0 saturated carbocycles. The van der Waals surface area contributed by atoms with Crippen molar-refractivity contribution >= 4 is 41.3 Å². The average molecular weight is 516 g/mol. The van der Waals surface area contributed by atoms with Gasteiger partial charge in [-0.15, -0.1) is 35.3 Å². The van der Waals surface area contributed by atoms with Gasteiger partial charge in [-0.3, -0.25) is 4.99 Å². The van der Waals surface area contributed by atoms with Gasteiger partial charge in [0.1, 0.15) is 5.01 Å². The molecule has 1 atom stereocenters. The first-order valence-corrected chi connectivity index (χ1v) is 10.1. The number of thiazole rings is 1. The van der Waals surface area contributed by atoms with Crippen LogP contribution in [0, 0.1) is 12.3 Å². The van der Waals surface area contributed by atoms with Gasteiger partial charge in [0.15, 0.2) is 5.96 Å². The van der Waals surface area contributed by atoms with Crippen molar-refractivity contribution in [1.29, 1.82) is 0 Å². The lowest BCUT2D eigenvalue weighted by Gasteiger charge is -2.27. The molecule has 1 aromatic heterocycles.